The van der Waals surface area contributed by atoms with Crippen molar-refractivity contribution in [2.24, 2.45) is 11.8 Å². The van der Waals surface area contributed by atoms with Gasteiger partial charge in [-0.15, -0.1) is 0 Å². The van der Waals surface area contributed by atoms with Crippen molar-refractivity contribution in [1.29, 1.82) is 0 Å². The standard InChI is InChI=1S/C12H21N3O4/c1-4-19-12(18)14-13-11(17)9-5-10(16)15(7-9)6-8(2)3/h8-9H,4-7H2,1-3H3,(H,13,17)(H,14,18)/t9-/m1/s1. The Labute approximate surface area is 112 Å². The number of likely N-dealkylation sites (tertiary alicyclic amines) is 1. The second kappa shape index (κ2) is 6.96. The SMILES string of the molecule is CCOC(=O)NNC(=O)[C@@H]1CC(=O)N(CC(C)C)C1. The van der Waals surface area contributed by atoms with Gasteiger partial charge in [0, 0.05) is 19.5 Å². The number of nitrogens with one attached hydrogen (secondary N) is 2. The Balaban J connectivity index is 2.38. The molecule has 2 N–H and O–H groups in total. The van der Waals surface area contributed by atoms with Crippen LogP contribution in [-0.4, -0.2) is 42.5 Å². The largest absolute Gasteiger partial charge is 0.449 e. The topological polar surface area (TPSA) is 87.7 Å². The van der Waals surface area contributed by atoms with Gasteiger partial charge < -0.3 is 9.64 Å². The first kappa shape index (κ1) is 15.3. The first-order valence-electron chi connectivity index (χ1n) is 6.44. The molecular formula is C12H21N3O4. The number of hydrazine groups is 1. The van der Waals surface area contributed by atoms with E-state index in [-0.39, 0.29) is 24.8 Å². The summed E-state index contributed by atoms with van der Waals surface area (Å²) in [5, 5.41) is 0. The molecule has 7 heteroatoms. The number of hydrogen-bond acceptors (Lipinski definition) is 4. The number of carbonyl (C=O) groups is 3. The highest BCUT2D eigenvalue weighted by Crippen LogP contribution is 2.18. The van der Waals surface area contributed by atoms with Crippen LogP contribution in [0.2, 0.25) is 0 Å². The van der Waals surface area contributed by atoms with Gasteiger partial charge in [-0.2, -0.15) is 0 Å². The molecule has 0 radical (unpaired) electrons. The van der Waals surface area contributed by atoms with Gasteiger partial charge >= 0.3 is 6.09 Å². The van der Waals surface area contributed by atoms with Gasteiger partial charge in [0.15, 0.2) is 0 Å². The zero-order valence-electron chi connectivity index (χ0n) is 11.6. The third-order valence-electron chi connectivity index (χ3n) is 2.73. The van der Waals surface area contributed by atoms with E-state index in [0.717, 1.165) is 0 Å². The highest BCUT2D eigenvalue weighted by molar-refractivity contribution is 5.89. The Bertz CT molecular complexity index is 357. The van der Waals surface area contributed by atoms with Crippen molar-refractivity contribution >= 4 is 17.9 Å². The Hall–Kier alpha value is -1.79. The van der Waals surface area contributed by atoms with Gasteiger partial charge in [0.2, 0.25) is 11.8 Å². The van der Waals surface area contributed by atoms with Crippen LogP contribution < -0.4 is 10.9 Å². The molecule has 0 aromatic carbocycles. The average molecular weight is 271 g/mol. The van der Waals surface area contributed by atoms with Crippen molar-refractivity contribution in [3.05, 3.63) is 0 Å². The van der Waals surface area contributed by atoms with Crippen molar-refractivity contribution < 1.29 is 19.1 Å². The zero-order valence-corrected chi connectivity index (χ0v) is 11.6. The fraction of sp³-hybridized carbons (Fsp3) is 0.750. The molecule has 0 aliphatic carbocycles. The maximum atomic E-state index is 11.8. The van der Waals surface area contributed by atoms with Crippen LogP contribution in [0.5, 0.6) is 0 Å². The number of amides is 3. The summed E-state index contributed by atoms with van der Waals surface area (Å²) in [5.74, 6) is -0.450. The van der Waals surface area contributed by atoms with E-state index in [1.807, 2.05) is 13.8 Å². The van der Waals surface area contributed by atoms with Crippen LogP contribution in [0.3, 0.4) is 0 Å². The van der Waals surface area contributed by atoms with Crippen LogP contribution >= 0.6 is 0 Å². The van der Waals surface area contributed by atoms with E-state index in [1.165, 1.54) is 0 Å². The van der Waals surface area contributed by atoms with Crippen molar-refractivity contribution in [2.45, 2.75) is 27.2 Å². The molecule has 0 aromatic rings. The lowest BCUT2D eigenvalue weighted by atomic mass is 10.1. The molecule has 0 unspecified atom stereocenters. The molecule has 0 saturated carbocycles. The second-order valence-electron chi connectivity index (χ2n) is 4.93. The summed E-state index contributed by atoms with van der Waals surface area (Å²) in [6.07, 6.45) is -0.525. The predicted molar refractivity (Wildman–Crippen MR) is 67.8 cm³/mol. The Kier molecular flexibility index (Phi) is 5.59. The van der Waals surface area contributed by atoms with E-state index < -0.39 is 12.0 Å². The average Bonchev–Trinajstić information content (AvgIpc) is 2.67. The highest BCUT2D eigenvalue weighted by atomic mass is 16.5. The molecule has 19 heavy (non-hydrogen) atoms. The van der Waals surface area contributed by atoms with E-state index in [4.69, 9.17) is 0 Å². The summed E-state index contributed by atoms with van der Waals surface area (Å²) >= 11 is 0. The second-order valence-corrected chi connectivity index (χ2v) is 4.93. The molecule has 1 aliphatic rings. The van der Waals surface area contributed by atoms with Crippen molar-refractivity contribution in [2.75, 3.05) is 19.7 Å². The molecule has 0 aromatic heterocycles. The smallest absolute Gasteiger partial charge is 0.426 e. The molecule has 1 atom stereocenters. The molecule has 7 nitrogen and oxygen atoms in total. The summed E-state index contributed by atoms with van der Waals surface area (Å²) in [4.78, 5) is 36.2. The van der Waals surface area contributed by atoms with E-state index >= 15 is 0 Å². The van der Waals surface area contributed by atoms with Crippen LogP contribution in [-0.2, 0) is 14.3 Å². The van der Waals surface area contributed by atoms with Crippen LogP contribution in [0.4, 0.5) is 4.79 Å². The molecule has 1 aliphatic heterocycles. The fourth-order valence-corrected chi connectivity index (χ4v) is 1.95. The lowest BCUT2D eigenvalue weighted by Gasteiger charge is -2.18. The summed E-state index contributed by atoms with van der Waals surface area (Å²) in [6.45, 7) is 6.97. The third kappa shape index (κ3) is 4.76. The number of ether oxygens (including phenoxy) is 1. The van der Waals surface area contributed by atoms with Crippen LogP contribution in [0.1, 0.15) is 27.2 Å². The van der Waals surface area contributed by atoms with E-state index in [2.05, 4.69) is 15.6 Å². The molecule has 1 rings (SSSR count). The Morgan fingerprint density at radius 2 is 2.11 bits per heavy atom. The summed E-state index contributed by atoms with van der Waals surface area (Å²) in [5.41, 5.74) is 4.40. The summed E-state index contributed by atoms with van der Waals surface area (Å²) in [6, 6.07) is 0. The molecule has 108 valence electrons. The molecule has 1 saturated heterocycles. The minimum atomic E-state index is -0.709. The van der Waals surface area contributed by atoms with Crippen molar-refractivity contribution in [1.82, 2.24) is 15.8 Å². The number of rotatable bonds is 4. The maximum absolute atomic E-state index is 11.8. The molecule has 0 spiro atoms. The number of carbonyl (C=O) groups excluding carboxylic acids is 3. The molecular weight excluding hydrogens is 250 g/mol. The minimum absolute atomic E-state index is 0.0232. The van der Waals surface area contributed by atoms with E-state index in [1.54, 1.807) is 11.8 Å². The van der Waals surface area contributed by atoms with Gasteiger partial charge in [0.25, 0.3) is 0 Å². The lowest BCUT2D eigenvalue weighted by Crippen LogP contribution is -2.45. The van der Waals surface area contributed by atoms with E-state index in [0.29, 0.717) is 19.0 Å². The van der Waals surface area contributed by atoms with E-state index in [9.17, 15) is 14.4 Å². The molecule has 3 amide bonds. The fourth-order valence-electron chi connectivity index (χ4n) is 1.95. The minimum Gasteiger partial charge on any atom is -0.449 e. The third-order valence-corrected chi connectivity index (χ3v) is 2.73. The quantitative estimate of drug-likeness (QED) is 0.718. The first-order chi connectivity index (χ1) is 8.93. The molecule has 1 fully saturated rings. The zero-order chi connectivity index (χ0) is 14.4. The summed E-state index contributed by atoms with van der Waals surface area (Å²) < 4.78 is 4.61. The van der Waals surface area contributed by atoms with Gasteiger partial charge in [-0.05, 0) is 12.8 Å². The van der Waals surface area contributed by atoms with Gasteiger partial charge in [0.1, 0.15) is 0 Å². The van der Waals surface area contributed by atoms with Gasteiger partial charge in [0.05, 0.1) is 12.5 Å². The Morgan fingerprint density at radius 3 is 2.68 bits per heavy atom. The maximum Gasteiger partial charge on any atom is 0.426 e. The highest BCUT2D eigenvalue weighted by Gasteiger charge is 2.34. The van der Waals surface area contributed by atoms with Gasteiger partial charge in [-0.3, -0.25) is 15.0 Å². The molecule has 1 heterocycles. The van der Waals surface area contributed by atoms with Crippen molar-refractivity contribution in [3.8, 4) is 0 Å². The molecule has 0 bridgehead atoms. The Morgan fingerprint density at radius 1 is 1.42 bits per heavy atom. The van der Waals surface area contributed by atoms with Crippen LogP contribution in [0.15, 0.2) is 0 Å². The van der Waals surface area contributed by atoms with Gasteiger partial charge in [-0.25, -0.2) is 10.2 Å². The lowest BCUT2D eigenvalue weighted by molar-refractivity contribution is -0.129. The van der Waals surface area contributed by atoms with Crippen molar-refractivity contribution in [3.63, 3.8) is 0 Å². The van der Waals surface area contributed by atoms with Crippen LogP contribution in [0.25, 0.3) is 0 Å². The van der Waals surface area contributed by atoms with Crippen LogP contribution in [0, 0.1) is 11.8 Å². The van der Waals surface area contributed by atoms with Gasteiger partial charge in [-0.1, -0.05) is 13.8 Å². The number of hydrogen-bond donors (Lipinski definition) is 2. The monoisotopic (exact) mass is 271 g/mol. The number of nitrogens with zero attached hydrogens (tertiary/aromatic N) is 1. The normalized spacial score (nSPS) is 18.6. The summed E-state index contributed by atoms with van der Waals surface area (Å²) in [7, 11) is 0. The first-order valence-corrected chi connectivity index (χ1v) is 6.44. The predicted octanol–water partition coefficient (Wildman–Crippen LogP) is 0.268.